The first-order valence-electron chi connectivity index (χ1n) is 13.6. The van der Waals surface area contributed by atoms with Gasteiger partial charge in [0.2, 0.25) is 5.91 Å². The number of amides is 2. The molecule has 2 aliphatic rings. The van der Waals surface area contributed by atoms with Crippen LogP contribution >= 0.6 is 0 Å². The van der Waals surface area contributed by atoms with E-state index in [4.69, 9.17) is 0 Å². The van der Waals surface area contributed by atoms with E-state index in [1.54, 1.807) is 25.1 Å². The normalized spacial score (nSPS) is 18.0. The molecule has 2 amide bonds. The molecule has 11 heteroatoms. The number of piperidine rings is 1. The van der Waals surface area contributed by atoms with Crippen molar-refractivity contribution in [3.8, 4) is 0 Å². The predicted molar refractivity (Wildman–Crippen MR) is 149 cm³/mol. The molecular weight excluding hydrogens is 521 g/mol. The van der Waals surface area contributed by atoms with Crippen molar-refractivity contribution in [1.82, 2.24) is 19.2 Å². The van der Waals surface area contributed by atoms with Crippen molar-refractivity contribution in [2.24, 2.45) is 0 Å². The van der Waals surface area contributed by atoms with E-state index < -0.39 is 22.5 Å². The summed E-state index contributed by atoms with van der Waals surface area (Å²) in [7, 11) is -4.00. The van der Waals surface area contributed by atoms with Gasteiger partial charge in [-0.25, -0.2) is 4.39 Å². The van der Waals surface area contributed by atoms with Crippen LogP contribution in [0.5, 0.6) is 0 Å². The average Bonchev–Trinajstić information content (AvgIpc) is 3.31. The lowest BCUT2D eigenvalue weighted by Crippen LogP contribution is -2.52. The molecule has 0 bridgehead atoms. The number of halogens is 1. The fourth-order valence-corrected chi connectivity index (χ4v) is 6.79. The van der Waals surface area contributed by atoms with Gasteiger partial charge in [0.15, 0.2) is 6.30 Å². The molecule has 2 atom stereocenters. The van der Waals surface area contributed by atoms with Crippen LogP contribution in [0.2, 0.25) is 0 Å². The Kier molecular flexibility index (Phi) is 9.71. The maximum absolute atomic E-state index is 15.5. The van der Waals surface area contributed by atoms with Gasteiger partial charge in [-0.05, 0) is 48.6 Å². The van der Waals surface area contributed by atoms with Gasteiger partial charge in [-0.15, -0.1) is 0 Å². The van der Waals surface area contributed by atoms with Crippen molar-refractivity contribution >= 4 is 27.7 Å². The van der Waals surface area contributed by atoms with Crippen LogP contribution in [-0.4, -0.2) is 66.9 Å². The van der Waals surface area contributed by atoms with E-state index in [0.717, 1.165) is 16.4 Å². The van der Waals surface area contributed by atoms with Crippen molar-refractivity contribution < 1.29 is 22.4 Å². The number of rotatable bonds is 12. The molecule has 0 spiro atoms. The fraction of sp³-hybridized carbons (Fsp3) is 0.500. The van der Waals surface area contributed by atoms with Crippen LogP contribution in [0.1, 0.15) is 61.0 Å². The van der Waals surface area contributed by atoms with E-state index >= 15 is 4.39 Å². The zero-order valence-electron chi connectivity index (χ0n) is 22.5. The number of nitrogens with zero attached hydrogens (tertiary/aromatic N) is 2. The Morgan fingerprint density at radius 3 is 2.54 bits per heavy atom. The number of carbonyl (C=O) groups is 2. The quantitative estimate of drug-likeness (QED) is 0.346. The number of nitrogens with one attached hydrogen (secondary N) is 3. The maximum atomic E-state index is 15.5. The Morgan fingerprint density at radius 1 is 1.15 bits per heavy atom. The first-order chi connectivity index (χ1) is 18.7. The molecule has 39 heavy (non-hydrogen) atoms. The molecule has 2 aliphatic heterocycles. The standard InChI is InChI=1S/C28H38FN5O4S/c1-3-23(31-28(36)21-10-11-25-22(16-21)17-27(35)32-25)18-26(29)34(4-2)39(37,38)33-14-12-24(13-15-33)30-19-20-8-6-5-7-9-20/h5-11,16,23-24,26,30H,3-4,12-15,17-19H2,1-2H3,(H,31,36)(H,32,35)/t23-,26+/m1/s1. The van der Waals surface area contributed by atoms with Gasteiger partial charge >= 0.3 is 0 Å². The summed E-state index contributed by atoms with van der Waals surface area (Å²) in [5.74, 6) is -0.505. The lowest BCUT2D eigenvalue weighted by atomic mass is 10.1. The average molecular weight is 560 g/mol. The molecule has 2 aromatic carbocycles. The minimum atomic E-state index is -4.00. The van der Waals surface area contributed by atoms with Crippen molar-refractivity contribution in [2.75, 3.05) is 25.0 Å². The molecule has 0 aromatic heterocycles. The topological polar surface area (TPSA) is 111 Å². The molecule has 0 radical (unpaired) electrons. The smallest absolute Gasteiger partial charge is 0.284 e. The Balaban J connectivity index is 1.31. The van der Waals surface area contributed by atoms with Gasteiger partial charge in [-0.1, -0.05) is 44.2 Å². The molecule has 1 saturated heterocycles. The number of hydrogen-bond donors (Lipinski definition) is 3. The lowest BCUT2D eigenvalue weighted by Gasteiger charge is -2.36. The summed E-state index contributed by atoms with van der Waals surface area (Å²) in [6.45, 7) is 4.80. The fourth-order valence-electron chi connectivity index (χ4n) is 5.12. The highest BCUT2D eigenvalue weighted by atomic mass is 32.2. The number of alkyl halides is 1. The predicted octanol–water partition coefficient (Wildman–Crippen LogP) is 3.20. The second-order valence-corrected chi connectivity index (χ2v) is 12.0. The van der Waals surface area contributed by atoms with Gasteiger partial charge in [-0.3, -0.25) is 9.59 Å². The molecule has 9 nitrogen and oxygen atoms in total. The van der Waals surface area contributed by atoms with Crippen LogP contribution in [0.3, 0.4) is 0 Å². The van der Waals surface area contributed by atoms with Crippen LogP contribution in [0.25, 0.3) is 0 Å². The molecule has 0 unspecified atom stereocenters. The summed E-state index contributed by atoms with van der Waals surface area (Å²) in [6, 6.07) is 14.6. The largest absolute Gasteiger partial charge is 0.349 e. The van der Waals surface area contributed by atoms with Crippen molar-refractivity contribution in [3.63, 3.8) is 0 Å². The summed E-state index contributed by atoms with van der Waals surface area (Å²) in [5, 5.41) is 9.05. The number of fused-ring (bicyclic) bond motifs is 1. The highest BCUT2D eigenvalue weighted by Crippen LogP contribution is 2.25. The molecule has 2 heterocycles. The van der Waals surface area contributed by atoms with Gasteiger partial charge in [0, 0.05) is 55.9 Å². The SMILES string of the molecule is CC[C@H](C[C@@H](F)N(CC)S(=O)(=O)N1CCC(NCc2ccccc2)CC1)NC(=O)c1ccc2c(c1)CC(=O)N2. The summed E-state index contributed by atoms with van der Waals surface area (Å²) >= 11 is 0. The minimum Gasteiger partial charge on any atom is -0.349 e. The zero-order chi connectivity index (χ0) is 28.0. The van der Waals surface area contributed by atoms with Gasteiger partial charge in [0.1, 0.15) is 0 Å². The Bertz CT molecular complexity index is 1250. The Hall–Kier alpha value is -2.86. The minimum absolute atomic E-state index is 0.00802. The van der Waals surface area contributed by atoms with Crippen molar-refractivity contribution in [1.29, 1.82) is 0 Å². The summed E-state index contributed by atoms with van der Waals surface area (Å²) in [5.41, 5.74) is 2.98. The zero-order valence-corrected chi connectivity index (χ0v) is 23.3. The van der Waals surface area contributed by atoms with E-state index in [2.05, 4.69) is 16.0 Å². The van der Waals surface area contributed by atoms with E-state index in [-0.39, 0.29) is 37.2 Å². The summed E-state index contributed by atoms with van der Waals surface area (Å²) < 4.78 is 44.5. The molecule has 1 fully saturated rings. The third kappa shape index (κ3) is 7.21. The summed E-state index contributed by atoms with van der Waals surface area (Å²) in [6.07, 6.45) is 0.0135. The van der Waals surface area contributed by atoms with E-state index in [0.29, 0.717) is 43.6 Å². The van der Waals surface area contributed by atoms with Gasteiger partial charge in [-0.2, -0.15) is 17.0 Å². The monoisotopic (exact) mass is 559 g/mol. The third-order valence-electron chi connectivity index (χ3n) is 7.44. The van der Waals surface area contributed by atoms with Gasteiger partial charge in [0.05, 0.1) is 6.42 Å². The molecule has 4 rings (SSSR count). The first-order valence-corrected chi connectivity index (χ1v) is 15.0. The lowest BCUT2D eigenvalue weighted by molar-refractivity contribution is -0.115. The Morgan fingerprint density at radius 2 is 1.87 bits per heavy atom. The second kappa shape index (κ2) is 13.0. The molecule has 0 aliphatic carbocycles. The van der Waals surface area contributed by atoms with E-state index in [9.17, 15) is 18.0 Å². The third-order valence-corrected chi connectivity index (χ3v) is 9.54. The number of anilines is 1. The van der Waals surface area contributed by atoms with Crippen molar-refractivity contribution in [3.05, 3.63) is 65.2 Å². The van der Waals surface area contributed by atoms with E-state index in [1.165, 1.54) is 9.87 Å². The highest BCUT2D eigenvalue weighted by molar-refractivity contribution is 7.86. The maximum Gasteiger partial charge on any atom is 0.284 e. The highest BCUT2D eigenvalue weighted by Gasteiger charge is 2.37. The first kappa shape index (κ1) is 29.1. The summed E-state index contributed by atoms with van der Waals surface area (Å²) in [4.78, 5) is 24.4. The molecule has 2 aromatic rings. The number of carbonyl (C=O) groups excluding carboxylic acids is 2. The second-order valence-electron chi connectivity index (χ2n) is 10.1. The van der Waals surface area contributed by atoms with E-state index in [1.807, 2.05) is 37.3 Å². The number of hydrogen-bond acceptors (Lipinski definition) is 5. The van der Waals surface area contributed by atoms with Crippen molar-refractivity contribution in [2.45, 2.75) is 70.9 Å². The Labute approximate surface area is 230 Å². The number of benzene rings is 2. The van der Waals surface area contributed by atoms with Gasteiger partial charge in [0.25, 0.3) is 16.1 Å². The molecular formula is C28H38FN5O4S. The van der Waals surface area contributed by atoms with Crippen LogP contribution in [0, 0.1) is 0 Å². The van der Waals surface area contributed by atoms with Crippen LogP contribution in [0.15, 0.2) is 48.5 Å². The van der Waals surface area contributed by atoms with Crippen LogP contribution in [-0.2, 0) is 28.0 Å². The molecule has 212 valence electrons. The molecule has 3 N–H and O–H groups in total. The van der Waals surface area contributed by atoms with Crippen LogP contribution in [0.4, 0.5) is 10.1 Å². The molecule has 0 saturated carbocycles. The van der Waals surface area contributed by atoms with Gasteiger partial charge < -0.3 is 16.0 Å². The van der Waals surface area contributed by atoms with Crippen LogP contribution < -0.4 is 16.0 Å².